The molecular formula is C37H41N5O6. The minimum Gasteiger partial charge on any atom is -0.481 e. The van der Waals surface area contributed by atoms with E-state index in [2.05, 4.69) is 20.9 Å². The van der Waals surface area contributed by atoms with Gasteiger partial charge in [-0.15, -0.1) is 0 Å². The van der Waals surface area contributed by atoms with Crippen molar-refractivity contribution in [2.75, 3.05) is 0 Å². The number of hydrogen-bond donors (Lipinski definition) is 6. The highest BCUT2D eigenvalue weighted by Gasteiger charge is 2.46. The first-order chi connectivity index (χ1) is 23.0. The molecule has 0 saturated heterocycles. The third-order valence-electron chi connectivity index (χ3n) is 9.05. The second kappa shape index (κ2) is 14.5. The Bertz CT molecular complexity index is 1800. The van der Waals surface area contributed by atoms with Crippen molar-refractivity contribution in [2.45, 2.75) is 69.5 Å². The summed E-state index contributed by atoms with van der Waals surface area (Å²) in [4.78, 5) is 69.1. The van der Waals surface area contributed by atoms with Crippen molar-refractivity contribution in [1.82, 2.24) is 20.9 Å². The van der Waals surface area contributed by atoms with Crippen molar-refractivity contribution < 1.29 is 29.1 Å². The maximum Gasteiger partial charge on any atom is 0.305 e. The number of carboxylic acid groups (broad SMARTS) is 1. The molecule has 0 bridgehead atoms. The lowest BCUT2D eigenvalue weighted by atomic mass is 9.77. The summed E-state index contributed by atoms with van der Waals surface area (Å²) in [5.41, 5.74) is 8.50. The van der Waals surface area contributed by atoms with E-state index >= 15 is 0 Å². The normalized spacial score (nSPS) is 17.5. The van der Waals surface area contributed by atoms with E-state index in [-0.39, 0.29) is 18.7 Å². The summed E-state index contributed by atoms with van der Waals surface area (Å²) in [7, 11) is 0. The zero-order valence-electron chi connectivity index (χ0n) is 27.0. The van der Waals surface area contributed by atoms with Gasteiger partial charge in [0.05, 0.1) is 12.3 Å². The van der Waals surface area contributed by atoms with Gasteiger partial charge in [0.25, 0.3) is 0 Å². The predicted octanol–water partition coefficient (Wildman–Crippen LogP) is 3.12. The summed E-state index contributed by atoms with van der Waals surface area (Å²) in [6.45, 7) is 3.44. The van der Waals surface area contributed by atoms with Crippen molar-refractivity contribution in [3.63, 3.8) is 0 Å². The monoisotopic (exact) mass is 651 g/mol. The molecule has 0 aliphatic heterocycles. The maximum atomic E-state index is 14.6. The van der Waals surface area contributed by atoms with Crippen molar-refractivity contribution in [2.24, 2.45) is 11.7 Å². The summed E-state index contributed by atoms with van der Waals surface area (Å²) in [6, 6.07) is 24.2. The molecule has 1 unspecified atom stereocenters. The van der Waals surface area contributed by atoms with Crippen LogP contribution in [-0.4, -0.2) is 57.3 Å². The average molecular weight is 652 g/mol. The molecule has 0 spiro atoms. The average Bonchev–Trinajstić information content (AvgIpc) is 3.43. The molecule has 11 nitrogen and oxygen atoms in total. The molecule has 11 heteroatoms. The second-order valence-electron chi connectivity index (χ2n) is 12.8. The Labute approximate surface area is 278 Å². The Hall–Kier alpha value is -5.45. The van der Waals surface area contributed by atoms with Gasteiger partial charge in [-0.2, -0.15) is 0 Å². The van der Waals surface area contributed by atoms with E-state index in [0.29, 0.717) is 12.8 Å². The van der Waals surface area contributed by atoms with Crippen LogP contribution in [0, 0.1) is 5.92 Å². The quantitative estimate of drug-likeness (QED) is 0.129. The smallest absolute Gasteiger partial charge is 0.305 e. The molecule has 0 fully saturated rings. The van der Waals surface area contributed by atoms with E-state index in [9.17, 15) is 29.1 Å². The van der Waals surface area contributed by atoms with E-state index < -0.39 is 59.6 Å². The van der Waals surface area contributed by atoms with Gasteiger partial charge in [0.2, 0.25) is 23.6 Å². The number of aryl methyl sites for hydroxylation is 1. The van der Waals surface area contributed by atoms with Crippen LogP contribution in [0.3, 0.4) is 0 Å². The highest BCUT2D eigenvalue weighted by molar-refractivity contribution is 5.99. The number of primary amides is 1. The van der Waals surface area contributed by atoms with Crippen LogP contribution < -0.4 is 21.7 Å². The van der Waals surface area contributed by atoms with E-state index in [1.54, 1.807) is 13.8 Å². The number of hydrogen-bond acceptors (Lipinski definition) is 5. The number of amides is 4. The molecule has 1 aliphatic carbocycles. The lowest BCUT2D eigenvalue weighted by molar-refractivity contribution is -0.141. The van der Waals surface area contributed by atoms with Crippen molar-refractivity contribution in [3.8, 4) is 0 Å². The number of H-pyrrole nitrogens is 1. The zero-order chi connectivity index (χ0) is 34.4. The molecule has 0 radical (unpaired) electrons. The van der Waals surface area contributed by atoms with Crippen LogP contribution in [0.25, 0.3) is 10.9 Å². The third-order valence-corrected chi connectivity index (χ3v) is 9.05. The topological polar surface area (TPSA) is 183 Å². The summed E-state index contributed by atoms with van der Waals surface area (Å²) < 4.78 is 0. The number of nitrogens with one attached hydrogen (secondary N) is 4. The Morgan fingerprint density at radius 3 is 2.17 bits per heavy atom. The number of aromatic amines is 1. The van der Waals surface area contributed by atoms with Gasteiger partial charge in [-0.3, -0.25) is 24.0 Å². The van der Waals surface area contributed by atoms with E-state index in [4.69, 9.17) is 5.73 Å². The van der Waals surface area contributed by atoms with Gasteiger partial charge in [-0.05, 0) is 47.9 Å². The van der Waals surface area contributed by atoms with Crippen molar-refractivity contribution in [3.05, 3.63) is 107 Å². The fraction of sp³-hybridized carbons (Fsp3) is 0.324. The van der Waals surface area contributed by atoms with Crippen LogP contribution in [0.1, 0.15) is 55.0 Å². The lowest BCUT2D eigenvalue weighted by Crippen LogP contribution is -2.65. The molecule has 1 heterocycles. The predicted molar refractivity (Wildman–Crippen MR) is 181 cm³/mol. The van der Waals surface area contributed by atoms with Crippen LogP contribution >= 0.6 is 0 Å². The molecule has 4 atom stereocenters. The minimum absolute atomic E-state index is 0.173. The van der Waals surface area contributed by atoms with Crippen LogP contribution in [0.5, 0.6) is 0 Å². The van der Waals surface area contributed by atoms with E-state index in [1.165, 1.54) is 0 Å². The molecule has 5 rings (SSSR count). The van der Waals surface area contributed by atoms with Crippen LogP contribution in [0.15, 0.2) is 84.9 Å². The SMILES string of the molecule is CC(C)[C@H](NC(=O)[C@@]1(NC(=O)C(Cc2ccccc2)c2ccccc2)CCc2[nH]c3ccccc3c2C1)C(=O)N[C@@H](CC(=O)O)C(N)=O. The Kier molecular flexibility index (Phi) is 10.3. The first-order valence-electron chi connectivity index (χ1n) is 16.1. The fourth-order valence-corrected chi connectivity index (χ4v) is 6.45. The number of carboxylic acids is 1. The highest BCUT2D eigenvalue weighted by Crippen LogP contribution is 2.35. The van der Waals surface area contributed by atoms with Crippen molar-refractivity contribution in [1.29, 1.82) is 0 Å². The number of rotatable bonds is 13. The van der Waals surface area contributed by atoms with Gasteiger partial charge in [-0.25, -0.2) is 0 Å². The number of aromatic nitrogens is 1. The molecule has 4 amide bonds. The molecule has 4 aromatic rings. The summed E-state index contributed by atoms with van der Waals surface area (Å²) in [6.07, 6.45) is 0.597. The molecule has 0 saturated carbocycles. The molecule has 48 heavy (non-hydrogen) atoms. The summed E-state index contributed by atoms with van der Waals surface area (Å²) in [5.74, 6) is -5.02. The van der Waals surface area contributed by atoms with Gasteiger partial charge in [0, 0.05) is 23.0 Å². The number of carbonyl (C=O) groups is 5. The van der Waals surface area contributed by atoms with E-state index in [1.807, 2.05) is 84.9 Å². The Balaban J connectivity index is 1.50. The lowest BCUT2D eigenvalue weighted by Gasteiger charge is -2.39. The number of aliphatic carboxylic acids is 1. The van der Waals surface area contributed by atoms with Crippen LogP contribution in [0.2, 0.25) is 0 Å². The summed E-state index contributed by atoms with van der Waals surface area (Å²) in [5, 5.41) is 18.6. The largest absolute Gasteiger partial charge is 0.481 e. The van der Waals surface area contributed by atoms with Gasteiger partial charge in [0.15, 0.2) is 0 Å². The standard InChI is InChI=1S/C37H41N5O6/c1-22(2)32(35(47)40-30(33(38)45)20-31(43)44)41-36(48)37(18-17-29-27(21-37)25-15-9-10-16-28(25)39-29)42-34(46)26(24-13-7-4-8-14-24)19-23-11-5-3-6-12-23/h3-16,22,26,30,32,39H,17-21H2,1-2H3,(H2,38,45)(H,40,47)(H,41,48)(H,42,46)(H,43,44)/t26?,30-,32-,37+/m0/s1. The molecule has 1 aromatic heterocycles. The first kappa shape index (κ1) is 33.9. The maximum absolute atomic E-state index is 14.6. The van der Waals surface area contributed by atoms with Gasteiger partial charge >= 0.3 is 5.97 Å². The number of carbonyl (C=O) groups excluding carboxylic acids is 4. The minimum atomic E-state index is -1.46. The third kappa shape index (κ3) is 7.57. The number of fused-ring (bicyclic) bond motifs is 3. The Morgan fingerprint density at radius 1 is 0.875 bits per heavy atom. The fourth-order valence-electron chi connectivity index (χ4n) is 6.45. The molecule has 7 N–H and O–H groups in total. The van der Waals surface area contributed by atoms with Gasteiger partial charge < -0.3 is 31.8 Å². The van der Waals surface area contributed by atoms with Crippen LogP contribution in [0.4, 0.5) is 0 Å². The number of benzene rings is 3. The molecule has 1 aliphatic rings. The summed E-state index contributed by atoms with van der Waals surface area (Å²) >= 11 is 0. The second-order valence-corrected chi connectivity index (χ2v) is 12.8. The molecule has 3 aromatic carbocycles. The number of nitrogens with two attached hydrogens (primary N) is 1. The molecule has 250 valence electrons. The van der Waals surface area contributed by atoms with Gasteiger partial charge in [0.1, 0.15) is 17.6 Å². The van der Waals surface area contributed by atoms with E-state index in [0.717, 1.165) is 33.3 Å². The molecular weight excluding hydrogens is 610 g/mol. The zero-order valence-corrected chi connectivity index (χ0v) is 27.0. The number of para-hydroxylation sites is 1. The highest BCUT2D eigenvalue weighted by atomic mass is 16.4. The van der Waals surface area contributed by atoms with Gasteiger partial charge in [-0.1, -0.05) is 92.7 Å². The first-order valence-corrected chi connectivity index (χ1v) is 16.1. The Morgan fingerprint density at radius 2 is 1.52 bits per heavy atom. The van der Waals surface area contributed by atoms with Crippen molar-refractivity contribution >= 4 is 40.5 Å². The van der Waals surface area contributed by atoms with Crippen LogP contribution in [-0.2, 0) is 43.2 Å².